The molecule has 1 amide bonds. The van der Waals surface area contributed by atoms with E-state index in [4.69, 9.17) is 0 Å². The highest BCUT2D eigenvalue weighted by atomic mass is 19.1. The highest BCUT2D eigenvalue weighted by molar-refractivity contribution is 5.98. The van der Waals surface area contributed by atoms with Gasteiger partial charge in [0.25, 0.3) is 0 Å². The fourth-order valence-corrected chi connectivity index (χ4v) is 4.35. The number of ketones is 1. The lowest BCUT2D eigenvalue weighted by molar-refractivity contribution is -0.132. The Morgan fingerprint density at radius 3 is 2.56 bits per heavy atom. The molecule has 1 aliphatic carbocycles. The highest BCUT2D eigenvalue weighted by Gasteiger charge is 2.30. The van der Waals surface area contributed by atoms with Gasteiger partial charge < -0.3 is 4.90 Å². The Hall–Kier alpha value is -2.49. The molecule has 2 aliphatic rings. The molecule has 0 saturated carbocycles. The normalized spacial score (nSPS) is 18.6. The molecule has 0 radical (unpaired) electrons. The van der Waals surface area contributed by atoms with Gasteiger partial charge in [0.15, 0.2) is 5.78 Å². The number of carbonyl (C=O) groups excluding carboxylic acids is 2. The fraction of sp³-hybridized carbons (Fsp3) is 0.391. The van der Waals surface area contributed by atoms with Crippen molar-refractivity contribution in [2.75, 3.05) is 6.54 Å². The van der Waals surface area contributed by atoms with E-state index in [9.17, 15) is 14.0 Å². The van der Waals surface area contributed by atoms with E-state index in [-0.39, 0.29) is 36.4 Å². The summed E-state index contributed by atoms with van der Waals surface area (Å²) in [5.41, 5.74) is 4.32. The molecule has 1 fully saturated rings. The molecule has 1 aliphatic heterocycles. The summed E-state index contributed by atoms with van der Waals surface area (Å²) in [5.74, 6) is -0.221. The van der Waals surface area contributed by atoms with E-state index in [1.165, 1.54) is 23.3 Å². The molecule has 2 aromatic rings. The second kappa shape index (κ2) is 7.63. The van der Waals surface area contributed by atoms with Crippen molar-refractivity contribution in [2.24, 2.45) is 0 Å². The molecule has 0 spiro atoms. The monoisotopic (exact) mass is 365 g/mol. The summed E-state index contributed by atoms with van der Waals surface area (Å²) in [6.07, 6.45) is 5.59. The van der Waals surface area contributed by atoms with Crippen LogP contribution >= 0.6 is 0 Å². The van der Waals surface area contributed by atoms with Crippen LogP contribution in [0.1, 0.15) is 65.2 Å². The number of benzene rings is 2. The average Bonchev–Trinajstić information content (AvgIpc) is 3.35. The maximum absolute atomic E-state index is 13.2. The lowest BCUT2D eigenvalue weighted by Gasteiger charge is -2.25. The van der Waals surface area contributed by atoms with E-state index in [1.54, 1.807) is 12.1 Å². The molecule has 4 heteroatoms. The van der Waals surface area contributed by atoms with E-state index in [2.05, 4.69) is 6.07 Å². The minimum absolute atomic E-state index is 0.00630. The average molecular weight is 365 g/mol. The van der Waals surface area contributed by atoms with Crippen LogP contribution in [-0.4, -0.2) is 23.1 Å². The molecule has 2 aromatic carbocycles. The van der Waals surface area contributed by atoms with Gasteiger partial charge in [-0.3, -0.25) is 9.59 Å². The largest absolute Gasteiger partial charge is 0.336 e. The van der Waals surface area contributed by atoms with Gasteiger partial charge in [0.05, 0.1) is 6.04 Å². The van der Waals surface area contributed by atoms with Crippen LogP contribution in [-0.2, 0) is 17.6 Å². The van der Waals surface area contributed by atoms with Crippen LogP contribution < -0.4 is 0 Å². The lowest BCUT2D eigenvalue weighted by Crippen LogP contribution is -2.30. The Kier molecular flexibility index (Phi) is 5.06. The predicted octanol–water partition coefficient (Wildman–Crippen LogP) is 4.64. The van der Waals surface area contributed by atoms with Gasteiger partial charge in [0, 0.05) is 24.9 Å². The minimum Gasteiger partial charge on any atom is -0.336 e. The zero-order valence-electron chi connectivity index (χ0n) is 15.4. The number of hydrogen-bond acceptors (Lipinski definition) is 2. The SMILES string of the molecule is O=C(CCC(=O)N1CCCC1c1ccc(F)cc1)c1ccc2c(c1)CCC2. The second-order valence-corrected chi connectivity index (χ2v) is 7.56. The molecular formula is C23H24FNO2. The van der Waals surface area contributed by atoms with Crippen LogP contribution in [0.15, 0.2) is 42.5 Å². The van der Waals surface area contributed by atoms with Gasteiger partial charge in [-0.2, -0.15) is 0 Å². The Labute approximate surface area is 159 Å². The highest BCUT2D eigenvalue weighted by Crippen LogP contribution is 2.32. The van der Waals surface area contributed by atoms with Gasteiger partial charge in [-0.05, 0) is 67.0 Å². The van der Waals surface area contributed by atoms with Gasteiger partial charge in [-0.25, -0.2) is 4.39 Å². The third-order valence-corrected chi connectivity index (χ3v) is 5.81. The van der Waals surface area contributed by atoms with Crippen LogP contribution in [0, 0.1) is 5.82 Å². The molecule has 0 bridgehead atoms. The number of aryl methyl sites for hydroxylation is 2. The molecule has 0 aromatic heterocycles. The zero-order valence-corrected chi connectivity index (χ0v) is 15.4. The van der Waals surface area contributed by atoms with Gasteiger partial charge in [-0.15, -0.1) is 0 Å². The van der Waals surface area contributed by atoms with E-state index in [1.807, 2.05) is 17.0 Å². The van der Waals surface area contributed by atoms with Crippen molar-refractivity contribution in [3.05, 3.63) is 70.5 Å². The predicted molar refractivity (Wildman–Crippen MR) is 102 cm³/mol. The van der Waals surface area contributed by atoms with Crippen molar-refractivity contribution in [3.8, 4) is 0 Å². The second-order valence-electron chi connectivity index (χ2n) is 7.56. The molecule has 3 nitrogen and oxygen atoms in total. The van der Waals surface area contributed by atoms with E-state index in [0.29, 0.717) is 6.54 Å². The fourth-order valence-electron chi connectivity index (χ4n) is 4.35. The standard InChI is InChI=1S/C23H24FNO2/c24-20-10-8-17(9-11-20)21-5-2-14-25(21)23(27)13-12-22(26)19-7-6-16-3-1-4-18(16)15-19/h6-11,15,21H,1-5,12-14H2. The first-order valence-electron chi connectivity index (χ1n) is 9.82. The summed E-state index contributed by atoms with van der Waals surface area (Å²) in [7, 11) is 0. The topological polar surface area (TPSA) is 37.4 Å². The number of likely N-dealkylation sites (tertiary alicyclic amines) is 1. The number of nitrogens with zero attached hydrogens (tertiary/aromatic N) is 1. The van der Waals surface area contributed by atoms with Crippen LogP contribution in [0.2, 0.25) is 0 Å². The van der Waals surface area contributed by atoms with Gasteiger partial charge in [-0.1, -0.05) is 24.3 Å². The van der Waals surface area contributed by atoms with Gasteiger partial charge in [0.2, 0.25) is 5.91 Å². The third-order valence-electron chi connectivity index (χ3n) is 5.81. The number of hydrogen-bond donors (Lipinski definition) is 0. The summed E-state index contributed by atoms with van der Waals surface area (Å²) >= 11 is 0. The van der Waals surface area contributed by atoms with Crippen LogP contribution in [0.5, 0.6) is 0 Å². The van der Waals surface area contributed by atoms with Crippen LogP contribution in [0.3, 0.4) is 0 Å². The van der Waals surface area contributed by atoms with Crippen molar-refractivity contribution in [1.82, 2.24) is 4.90 Å². The Morgan fingerprint density at radius 2 is 1.74 bits per heavy atom. The molecule has 27 heavy (non-hydrogen) atoms. The van der Waals surface area contributed by atoms with E-state index in [0.717, 1.165) is 43.2 Å². The van der Waals surface area contributed by atoms with Crippen molar-refractivity contribution < 1.29 is 14.0 Å². The molecule has 1 atom stereocenters. The molecule has 1 heterocycles. The van der Waals surface area contributed by atoms with Crippen LogP contribution in [0.25, 0.3) is 0 Å². The number of fused-ring (bicyclic) bond motifs is 1. The molecule has 1 saturated heterocycles. The Morgan fingerprint density at radius 1 is 0.963 bits per heavy atom. The molecule has 1 unspecified atom stereocenters. The van der Waals surface area contributed by atoms with Crippen molar-refractivity contribution in [2.45, 2.75) is 51.0 Å². The minimum atomic E-state index is -0.269. The summed E-state index contributed by atoms with van der Waals surface area (Å²) in [6, 6.07) is 12.3. The Bertz CT molecular complexity index is 859. The quantitative estimate of drug-likeness (QED) is 0.724. The molecular weight excluding hydrogens is 341 g/mol. The van der Waals surface area contributed by atoms with Gasteiger partial charge >= 0.3 is 0 Å². The first-order valence-corrected chi connectivity index (χ1v) is 9.82. The lowest BCUT2D eigenvalue weighted by atomic mass is 10.0. The Balaban J connectivity index is 1.38. The summed E-state index contributed by atoms with van der Waals surface area (Å²) in [6.45, 7) is 0.702. The number of amides is 1. The first kappa shape index (κ1) is 17.9. The number of Topliss-reactive ketones (excluding diaryl/α,β-unsaturated/α-hetero) is 1. The summed E-state index contributed by atoms with van der Waals surface area (Å²) < 4.78 is 13.2. The third kappa shape index (κ3) is 3.80. The molecule has 140 valence electrons. The van der Waals surface area contributed by atoms with Crippen molar-refractivity contribution in [1.29, 1.82) is 0 Å². The van der Waals surface area contributed by atoms with Crippen LogP contribution in [0.4, 0.5) is 4.39 Å². The van der Waals surface area contributed by atoms with E-state index < -0.39 is 0 Å². The van der Waals surface area contributed by atoms with Crippen molar-refractivity contribution >= 4 is 11.7 Å². The molecule has 4 rings (SSSR count). The maximum atomic E-state index is 13.2. The number of carbonyl (C=O) groups is 2. The number of rotatable bonds is 5. The molecule has 0 N–H and O–H groups in total. The van der Waals surface area contributed by atoms with Gasteiger partial charge in [0.1, 0.15) is 5.82 Å². The number of halogens is 1. The van der Waals surface area contributed by atoms with E-state index >= 15 is 0 Å². The smallest absolute Gasteiger partial charge is 0.223 e. The summed E-state index contributed by atoms with van der Waals surface area (Å²) in [4.78, 5) is 27.1. The first-order chi connectivity index (χ1) is 13.1. The zero-order chi connectivity index (χ0) is 18.8. The van der Waals surface area contributed by atoms with Crippen molar-refractivity contribution in [3.63, 3.8) is 0 Å². The maximum Gasteiger partial charge on any atom is 0.223 e. The summed E-state index contributed by atoms with van der Waals surface area (Å²) in [5, 5.41) is 0.